The van der Waals surface area contributed by atoms with Crippen molar-refractivity contribution in [3.63, 3.8) is 0 Å². The fourth-order valence-electron chi connectivity index (χ4n) is 2.59. The number of hydrazine groups is 1. The predicted molar refractivity (Wildman–Crippen MR) is 74.4 cm³/mol. The molecule has 100 valence electrons. The maximum Gasteiger partial charge on any atom is 0.145 e. The van der Waals surface area contributed by atoms with Crippen LogP contribution in [0.5, 0.6) is 0 Å². The van der Waals surface area contributed by atoms with E-state index in [2.05, 4.69) is 27.2 Å². The Labute approximate surface area is 109 Å². The minimum atomic E-state index is 0.689. The van der Waals surface area contributed by atoms with E-state index in [0.717, 1.165) is 30.6 Å². The van der Waals surface area contributed by atoms with Crippen LogP contribution in [0.3, 0.4) is 0 Å². The van der Waals surface area contributed by atoms with Gasteiger partial charge < -0.3 is 10.3 Å². The van der Waals surface area contributed by atoms with Gasteiger partial charge in [-0.2, -0.15) is 0 Å². The molecule has 1 aliphatic rings. The van der Waals surface area contributed by atoms with Crippen molar-refractivity contribution in [2.24, 2.45) is 11.8 Å². The number of nitrogen functional groups attached to an aromatic ring is 1. The molecular weight excluding hydrogens is 226 g/mol. The maximum absolute atomic E-state index is 5.43. The first-order valence-electron chi connectivity index (χ1n) is 6.80. The first-order chi connectivity index (χ1) is 8.72. The molecule has 1 aromatic rings. The van der Waals surface area contributed by atoms with Gasteiger partial charge in [-0.1, -0.05) is 13.3 Å². The fraction of sp³-hybridized carbons (Fsp3) is 0.692. The monoisotopic (exact) mass is 249 g/mol. The highest BCUT2D eigenvalue weighted by Gasteiger charge is 2.17. The van der Waals surface area contributed by atoms with E-state index in [1.165, 1.54) is 25.7 Å². The minimum absolute atomic E-state index is 0.689. The van der Waals surface area contributed by atoms with Gasteiger partial charge in [0.25, 0.3) is 0 Å². The Morgan fingerprint density at radius 1 is 1.39 bits per heavy atom. The maximum atomic E-state index is 5.43. The summed E-state index contributed by atoms with van der Waals surface area (Å²) < 4.78 is 0. The molecule has 0 spiro atoms. The van der Waals surface area contributed by atoms with Crippen LogP contribution in [0.15, 0.2) is 6.07 Å². The lowest BCUT2D eigenvalue weighted by molar-refractivity contribution is 0.459. The molecule has 5 heteroatoms. The number of anilines is 2. The average Bonchev–Trinajstić information content (AvgIpc) is 2.63. The topological polar surface area (TPSA) is 67.1 Å². The van der Waals surface area contributed by atoms with Gasteiger partial charge >= 0.3 is 0 Å². The lowest BCUT2D eigenvalue weighted by atomic mass is 9.98. The molecule has 5 nitrogen and oxygen atoms in total. The number of hydrogen-bond acceptors (Lipinski definition) is 5. The van der Waals surface area contributed by atoms with Gasteiger partial charge in [-0.15, -0.1) is 0 Å². The van der Waals surface area contributed by atoms with E-state index in [1.807, 2.05) is 13.0 Å². The molecule has 0 bridgehead atoms. The van der Waals surface area contributed by atoms with E-state index in [0.29, 0.717) is 5.82 Å². The summed E-state index contributed by atoms with van der Waals surface area (Å²) in [4.78, 5) is 11.1. The van der Waals surface area contributed by atoms with Gasteiger partial charge in [0, 0.05) is 19.2 Å². The van der Waals surface area contributed by atoms with Gasteiger partial charge in [0.05, 0.1) is 0 Å². The second-order valence-corrected chi connectivity index (χ2v) is 5.00. The van der Waals surface area contributed by atoms with E-state index in [-0.39, 0.29) is 0 Å². The van der Waals surface area contributed by atoms with Gasteiger partial charge in [0.2, 0.25) is 0 Å². The lowest BCUT2D eigenvalue weighted by Crippen LogP contribution is -2.26. The predicted octanol–water partition coefficient (Wildman–Crippen LogP) is 2.09. The van der Waals surface area contributed by atoms with Crippen LogP contribution in [-0.2, 0) is 0 Å². The largest absolute Gasteiger partial charge is 0.356 e. The molecule has 0 aliphatic carbocycles. The number of hydrogen-bond donors (Lipinski definition) is 2. The molecule has 1 fully saturated rings. The first-order valence-corrected chi connectivity index (χ1v) is 6.80. The third-order valence-corrected chi connectivity index (χ3v) is 3.72. The number of aryl methyl sites for hydroxylation is 1. The van der Waals surface area contributed by atoms with Crippen molar-refractivity contribution in [1.29, 1.82) is 0 Å². The highest BCUT2D eigenvalue weighted by atomic mass is 15.3. The van der Waals surface area contributed by atoms with Crippen LogP contribution in [0.2, 0.25) is 0 Å². The number of nitrogens with one attached hydrogen (secondary N) is 1. The molecule has 0 aromatic carbocycles. The van der Waals surface area contributed by atoms with Crippen molar-refractivity contribution in [3.05, 3.63) is 11.9 Å². The molecule has 1 aromatic heterocycles. The zero-order valence-corrected chi connectivity index (χ0v) is 11.3. The summed E-state index contributed by atoms with van der Waals surface area (Å²) in [5, 5.41) is 0. The zero-order chi connectivity index (χ0) is 13.0. The highest BCUT2D eigenvalue weighted by molar-refractivity contribution is 5.48. The summed E-state index contributed by atoms with van der Waals surface area (Å²) in [6.07, 6.45) is 5.11. The first kappa shape index (κ1) is 13.1. The molecule has 2 rings (SSSR count). The van der Waals surface area contributed by atoms with Crippen LogP contribution in [0.4, 0.5) is 11.6 Å². The Hall–Kier alpha value is -1.36. The molecule has 0 amide bonds. The van der Waals surface area contributed by atoms with Gasteiger partial charge in [-0.25, -0.2) is 15.8 Å². The van der Waals surface area contributed by atoms with E-state index < -0.39 is 0 Å². The van der Waals surface area contributed by atoms with Crippen LogP contribution < -0.4 is 16.2 Å². The Balaban J connectivity index is 2.13. The van der Waals surface area contributed by atoms with Gasteiger partial charge in [-0.05, 0) is 32.1 Å². The Kier molecular flexibility index (Phi) is 4.36. The summed E-state index contributed by atoms with van der Waals surface area (Å²) in [6.45, 7) is 6.35. The van der Waals surface area contributed by atoms with Crippen molar-refractivity contribution >= 4 is 11.6 Å². The second-order valence-electron chi connectivity index (χ2n) is 5.00. The summed E-state index contributed by atoms with van der Waals surface area (Å²) >= 11 is 0. The van der Waals surface area contributed by atoms with Gasteiger partial charge in [-0.3, -0.25) is 0 Å². The molecule has 0 radical (unpaired) electrons. The molecular formula is C13H23N5. The van der Waals surface area contributed by atoms with Crippen molar-refractivity contribution in [2.75, 3.05) is 23.4 Å². The van der Waals surface area contributed by atoms with Crippen molar-refractivity contribution in [1.82, 2.24) is 9.97 Å². The molecule has 1 saturated heterocycles. The van der Waals surface area contributed by atoms with Crippen LogP contribution in [-0.4, -0.2) is 23.1 Å². The number of aromatic nitrogens is 2. The van der Waals surface area contributed by atoms with E-state index in [1.54, 1.807) is 0 Å². The average molecular weight is 249 g/mol. The smallest absolute Gasteiger partial charge is 0.145 e. The third-order valence-electron chi connectivity index (χ3n) is 3.72. The molecule has 3 N–H and O–H groups in total. The Bertz CT molecular complexity index is 393. The summed E-state index contributed by atoms with van der Waals surface area (Å²) in [7, 11) is 0. The molecule has 18 heavy (non-hydrogen) atoms. The summed E-state index contributed by atoms with van der Waals surface area (Å²) in [5.74, 6) is 8.74. The standard InChI is InChI=1S/C13H23N5/c1-3-11-5-4-7-18(8-6-11)13-9-12(17-14)15-10(2)16-13/h9,11H,3-8,14H2,1-2H3,(H,15,16,17). The minimum Gasteiger partial charge on any atom is -0.356 e. The van der Waals surface area contributed by atoms with E-state index >= 15 is 0 Å². The van der Waals surface area contributed by atoms with Crippen LogP contribution in [0.25, 0.3) is 0 Å². The highest BCUT2D eigenvalue weighted by Crippen LogP contribution is 2.24. The molecule has 1 atom stereocenters. The fourth-order valence-corrected chi connectivity index (χ4v) is 2.59. The third kappa shape index (κ3) is 3.10. The van der Waals surface area contributed by atoms with Crippen LogP contribution >= 0.6 is 0 Å². The number of nitrogens with zero attached hydrogens (tertiary/aromatic N) is 3. The SMILES string of the molecule is CCC1CCCN(c2cc(NN)nc(C)n2)CC1. The van der Waals surface area contributed by atoms with Crippen LogP contribution in [0.1, 0.15) is 38.4 Å². The van der Waals surface area contributed by atoms with Crippen LogP contribution in [0, 0.1) is 12.8 Å². The normalized spacial score (nSPS) is 20.6. The van der Waals surface area contributed by atoms with Crippen molar-refractivity contribution in [2.45, 2.75) is 39.5 Å². The number of rotatable bonds is 3. The lowest BCUT2D eigenvalue weighted by Gasteiger charge is -2.22. The molecule has 2 heterocycles. The molecule has 1 aliphatic heterocycles. The second kappa shape index (κ2) is 6.00. The van der Waals surface area contributed by atoms with Gasteiger partial charge in [0.15, 0.2) is 0 Å². The Morgan fingerprint density at radius 3 is 2.94 bits per heavy atom. The quantitative estimate of drug-likeness (QED) is 0.634. The van der Waals surface area contributed by atoms with E-state index in [4.69, 9.17) is 5.84 Å². The van der Waals surface area contributed by atoms with Crippen molar-refractivity contribution < 1.29 is 0 Å². The van der Waals surface area contributed by atoms with Gasteiger partial charge in [0.1, 0.15) is 17.5 Å². The summed E-state index contributed by atoms with van der Waals surface area (Å²) in [6, 6.07) is 1.93. The van der Waals surface area contributed by atoms with Crippen molar-refractivity contribution in [3.8, 4) is 0 Å². The number of nitrogens with two attached hydrogens (primary N) is 1. The Morgan fingerprint density at radius 2 is 2.22 bits per heavy atom. The molecule has 0 saturated carbocycles. The van der Waals surface area contributed by atoms with E-state index in [9.17, 15) is 0 Å². The zero-order valence-electron chi connectivity index (χ0n) is 11.3. The molecule has 1 unspecified atom stereocenters. The summed E-state index contributed by atoms with van der Waals surface area (Å²) in [5.41, 5.74) is 2.61.